The molecule has 0 spiro atoms. The first-order valence-electron chi connectivity index (χ1n) is 14.6. The number of ether oxygens (including phenoxy) is 1. The van der Waals surface area contributed by atoms with Crippen LogP contribution < -0.4 is 5.32 Å². The molecule has 3 aromatic carbocycles. The van der Waals surface area contributed by atoms with Crippen LogP contribution >= 0.6 is 27.5 Å². The monoisotopic (exact) mass is 704 g/mol. The predicted octanol–water partition coefficient (Wildman–Crippen LogP) is 7.00. The number of carbonyl (C=O) groups is 2. The lowest BCUT2D eigenvalue weighted by Crippen LogP contribution is -2.64. The van der Waals surface area contributed by atoms with Gasteiger partial charge in [0.25, 0.3) is 0 Å². The van der Waals surface area contributed by atoms with Crippen LogP contribution in [0.3, 0.4) is 0 Å². The van der Waals surface area contributed by atoms with Crippen LogP contribution in [0, 0.1) is 17.2 Å². The van der Waals surface area contributed by atoms with Gasteiger partial charge in [-0.2, -0.15) is 18.4 Å². The third kappa shape index (κ3) is 7.69. The number of hydrogen-bond acceptors (Lipinski definition) is 5. The van der Waals surface area contributed by atoms with Crippen molar-refractivity contribution < 1.29 is 37.0 Å². The van der Waals surface area contributed by atoms with Gasteiger partial charge in [0.05, 0.1) is 30.9 Å². The SMILES string of the molecule is N#Cc1ccc(C(NC(=O)[C@@H]2CC[C@@H]([N+]3(OC(=O)C(F)(F)F)CCOCC3)C[C@H]2c2ccc(Br)cc2)c2ccc(Cl)cc2)cc1. The zero-order valence-corrected chi connectivity index (χ0v) is 26.4. The second kappa shape index (κ2) is 13.9. The standard InChI is InChI=1S/C33H30BrClF3N3O4/c34-25-9-5-22(6-10-25)29-19-27(41(15-17-44-18-16-41)45-32(43)33(36,37)38)13-14-28(29)31(42)40-30(24-7-11-26(35)12-8-24)23-3-1-21(20-39)2-4-23/h1-12,27-30H,13-19H2/p+1/t27-,28-,29+,30?/m1/s1. The van der Waals surface area contributed by atoms with Crippen molar-refractivity contribution in [3.63, 3.8) is 0 Å². The maximum atomic E-state index is 14.2. The Kier molecular flexibility index (Phi) is 10.2. The number of carbonyl (C=O) groups excluding carboxylic acids is 2. The number of nitriles is 1. The lowest BCUT2D eigenvalue weighted by atomic mass is 9.72. The number of quaternary nitrogens is 1. The summed E-state index contributed by atoms with van der Waals surface area (Å²) in [5, 5.41) is 13.0. The molecule has 5 rings (SSSR count). The number of amides is 1. The molecule has 3 aromatic rings. The molecule has 12 heteroatoms. The summed E-state index contributed by atoms with van der Waals surface area (Å²) in [7, 11) is 0. The summed E-state index contributed by atoms with van der Waals surface area (Å²) in [6, 6.07) is 22.7. The van der Waals surface area contributed by atoms with Crippen LogP contribution in [-0.4, -0.2) is 55.0 Å². The van der Waals surface area contributed by atoms with Crippen molar-refractivity contribution in [3.8, 4) is 6.07 Å². The van der Waals surface area contributed by atoms with Crippen molar-refractivity contribution in [3.05, 3.63) is 105 Å². The van der Waals surface area contributed by atoms with Crippen LogP contribution in [0.5, 0.6) is 0 Å². The Morgan fingerprint density at radius 3 is 2.16 bits per heavy atom. The van der Waals surface area contributed by atoms with E-state index in [-0.39, 0.29) is 38.1 Å². The average molecular weight is 706 g/mol. The fourth-order valence-corrected chi connectivity index (χ4v) is 6.77. The van der Waals surface area contributed by atoms with Crippen molar-refractivity contribution in [1.29, 1.82) is 5.26 Å². The fourth-order valence-electron chi connectivity index (χ4n) is 6.38. The Morgan fingerprint density at radius 2 is 1.58 bits per heavy atom. The Morgan fingerprint density at radius 1 is 0.978 bits per heavy atom. The number of nitrogens with one attached hydrogen (secondary N) is 1. The lowest BCUT2D eigenvalue weighted by Gasteiger charge is -2.47. The van der Waals surface area contributed by atoms with Gasteiger partial charge < -0.3 is 10.1 Å². The van der Waals surface area contributed by atoms with Gasteiger partial charge in [-0.15, -0.1) is 4.65 Å². The van der Waals surface area contributed by atoms with Crippen molar-refractivity contribution in [1.82, 2.24) is 5.32 Å². The maximum Gasteiger partial charge on any atom is 0.497 e. The van der Waals surface area contributed by atoms with Gasteiger partial charge >= 0.3 is 12.1 Å². The zero-order chi connectivity index (χ0) is 32.2. The van der Waals surface area contributed by atoms with Gasteiger partial charge in [0.1, 0.15) is 19.1 Å². The van der Waals surface area contributed by atoms with Gasteiger partial charge in [-0.3, -0.25) is 9.63 Å². The second-order valence-electron chi connectivity index (χ2n) is 11.3. The number of alkyl halides is 3. The lowest BCUT2D eigenvalue weighted by molar-refractivity contribution is -1.11. The molecule has 1 unspecified atom stereocenters. The summed E-state index contributed by atoms with van der Waals surface area (Å²) < 4.78 is 45.9. The minimum absolute atomic E-state index is 0.0910. The van der Waals surface area contributed by atoms with E-state index < -0.39 is 34.8 Å². The first-order chi connectivity index (χ1) is 21.5. The minimum atomic E-state index is -5.13. The molecule has 4 atom stereocenters. The number of rotatable bonds is 7. The van der Waals surface area contributed by atoms with Crippen LogP contribution in [-0.2, 0) is 19.2 Å². The summed E-state index contributed by atoms with van der Waals surface area (Å²) in [5.74, 6) is -3.33. The first kappa shape index (κ1) is 32.9. The molecule has 1 saturated carbocycles. The van der Waals surface area contributed by atoms with Crippen LogP contribution in [0.1, 0.15) is 53.5 Å². The Hall–Kier alpha value is -3.43. The van der Waals surface area contributed by atoms with Gasteiger partial charge in [-0.05, 0) is 59.5 Å². The molecular weight excluding hydrogens is 675 g/mol. The highest BCUT2D eigenvalue weighted by Crippen LogP contribution is 2.43. The normalized spacial score (nSPS) is 22.1. The molecule has 7 nitrogen and oxygen atoms in total. The molecule has 45 heavy (non-hydrogen) atoms. The summed E-state index contributed by atoms with van der Waals surface area (Å²) in [6.07, 6.45) is -4.07. The van der Waals surface area contributed by atoms with E-state index in [9.17, 15) is 28.0 Å². The zero-order valence-electron chi connectivity index (χ0n) is 24.1. The number of hydroxylamine groups is 3. The summed E-state index contributed by atoms with van der Waals surface area (Å²) >= 11 is 9.60. The molecule has 0 radical (unpaired) electrons. The van der Waals surface area contributed by atoms with Crippen molar-refractivity contribution in [2.75, 3.05) is 26.3 Å². The third-order valence-electron chi connectivity index (χ3n) is 8.71. The molecule has 1 aliphatic carbocycles. The Labute approximate surface area is 272 Å². The molecule has 2 fully saturated rings. The van der Waals surface area contributed by atoms with Crippen LogP contribution in [0.25, 0.3) is 0 Å². The van der Waals surface area contributed by atoms with Crippen molar-refractivity contribution >= 4 is 39.4 Å². The quantitative estimate of drug-likeness (QED) is 0.268. The molecule has 1 aliphatic heterocycles. The highest BCUT2D eigenvalue weighted by atomic mass is 79.9. The van der Waals surface area contributed by atoms with Gasteiger partial charge in [-0.25, -0.2) is 4.79 Å². The van der Waals surface area contributed by atoms with Crippen LogP contribution in [0.2, 0.25) is 5.02 Å². The Balaban J connectivity index is 1.46. The highest BCUT2D eigenvalue weighted by molar-refractivity contribution is 9.10. The molecule has 1 N–H and O–H groups in total. The second-order valence-corrected chi connectivity index (χ2v) is 12.7. The summed E-state index contributed by atoms with van der Waals surface area (Å²) in [6.45, 7) is 0.491. The highest BCUT2D eigenvalue weighted by Gasteiger charge is 2.54. The van der Waals surface area contributed by atoms with E-state index in [1.54, 1.807) is 36.4 Å². The summed E-state index contributed by atoms with van der Waals surface area (Å²) in [5.41, 5.74) is 2.91. The fraction of sp³-hybridized carbons (Fsp3) is 0.364. The molecule has 2 aliphatic rings. The van der Waals surface area contributed by atoms with Gasteiger partial charge in [-0.1, -0.05) is 63.9 Å². The Bertz CT molecular complexity index is 1540. The first-order valence-corrected chi connectivity index (χ1v) is 15.7. The maximum absolute atomic E-state index is 14.2. The third-order valence-corrected chi connectivity index (χ3v) is 9.49. The topological polar surface area (TPSA) is 88.4 Å². The van der Waals surface area contributed by atoms with Crippen LogP contribution in [0.15, 0.2) is 77.3 Å². The molecular formula is C33H31BrClF3N3O4+. The van der Waals surface area contributed by atoms with E-state index in [0.29, 0.717) is 29.8 Å². The van der Waals surface area contributed by atoms with Gasteiger partial charge in [0, 0.05) is 34.2 Å². The van der Waals surface area contributed by atoms with Gasteiger partial charge in [0.2, 0.25) is 5.91 Å². The van der Waals surface area contributed by atoms with E-state index in [0.717, 1.165) is 21.2 Å². The molecule has 1 heterocycles. The van der Waals surface area contributed by atoms with Crippen molar-refractivity contribution in [2.24, 2.45) is 5.92 Å². The molecule has 0 aromatic heterocycles. The number of hydrogen-bond donors (Lipinski definition) is 1. The largest absolute Gasteiger partial charge is 0.497 e. The number of nitrogens with zero attached hydrogens (tertiary/aromatic N) is 2. The number of morpholine rings is 1. The van der Waals surface area contributed by atoms with E-state index in [4.69, 9.17) is 21.2 Å². The van der Waals surface area contributed by atoms with Crippen molar-refractivity contribution in [2.45, 2.75) is 43.4 Å². The number of benzene rings is 3. The van der Waals surface area contributed by atoms with Crippen LogP contribution in [0.4, 0.5) is 13.2 Å². The minimum Gasteiger partial charge on any atom is -0.369 e. The van der Waals surface area contributed by atoms with E-state index in [1.165, 1.54) is 0 Å². The van der Waals surface area contributed by atoms with E-state index in [2.05, 4.69) is 27.3 Å². The molecule has 1 amide bonds. The van der Waals surface area contributed by atoms with E-state index >= 15 is 0 Å². The smallest absolute Gasteiger partial charge is 0.369 e. The molecule has 1 saturated heterocycles. The number of halogens is 5. The molecule has 0 bridgehead atoms. The van der Waals surface area contributed by atoms with Gasteiger partial charge in [0.15, 0.2) is 0 Å². The van der Waals surface area contributed by atoms with E-state index in [1.807, 2.05) is 36.4 Å². The predicted molar refractivity (Wildman–Crippen MR) is 164 cm³/mol. The average Bonchev–Trinajstić information content (AvgIpc) is 3.04. The summed E-state index contributed by atoms with van der Waals surface area (Å²) in [4.78, 5) is 31.5. The molecule has 236 valence electrons.